The molecule has 0 aromatic carbocycles. The number of piperazine rings is 1. The van der Waals surface area contributed by atoms with Gasteiger partial charge in [0, 0.05) is 39.3 Å². The van der Waals surface area contributed by atoms with Gasteiger partial charge in [0.05, 0.1) is 12.5 Å². The van der Waals surface area contributed by atoms with Crippen molar-refractivity contribution in [1.82, 2.24) is 9.80 Å². The number of carboxylic acid groups (broad SMARTS) is 1. The van der Waals surface area contributed by atoms with Gasteiger partial charge in [-0.05, 0) is 12.3 Å². The number of aliphatic hydroxyl groups is 1. The van der Waals surface area contributed by atoms with Crippen LogP contribution in [0, 0.1) is 5.92 Å². The number of nitrogens with zero attached hydrogens (tertiary/aromatic N) is 2. The summed E-state index contributed by atoms with van der Waals surface area (Å²) in [6.07, 6.45) is 6.24. The molecule has 20 heavy (non-hydrogen) atoms. The highest BCUT2D eigenvalue weighted by atomic mass is 16.4. The van der Waals surface area contributed by atoms with Crippen molar-refractivity contribution in [2.45, 2.75) is 44.6 Å². The van der Waals surface area contributed by atoms with E-state index in [1.54, 1.807) is 0 Å². The molecule has 0 amide bonds. The zero-order valence-corrected chi connectivity index (χ0v) is 12.3. The Morgan fingerprint density at radius 1 is 1.10 bits per heavy atom. The highest BCUT2D eigenvalue weighted by molar-refractivity contribution is 5.66. The second-order valence-electron chi connectivity index (χ2n) is 6.33. The Morgan fingerprint density at radius 2 is 1.70 bits per heavy atom. The molecule has 5 heteroatoms. The summed E-state index contributed by atoms with van der Waals surface area (Å²) in [5, 5.41) is 18.9. The Balaban J connectivity index is 1.59. The smallest absolute Gasteiger partial charge is 0.304 e. The molecular formula is C15H28N2O3. The highest BCUT2D eigenvalue weighted by Crippen LogP contribution is 2.28. The van der Waals surface area contributed by atoms with Crippen molar-refractivity contribution in [3.05, 3.63) is 0 Å². The lowest BCUT2D eigenvalue weighted by Gasteiger charge is -2.35. The van der Waals surface area contributed by atoms with Gasteiger partial charge in [0.15, 0.2) is 0 Å². The Hall–Kier alpha value is -0.650. The van der Waals surface area contributed by atoms with Crippen LogP contribution in [0.15, 0.2) is 0 Å². The maximum Gasteiger partial charge on any atom is 0.304 e. The first-order valence-corrected chi connectivity index (χ1v) is 7.98. The van der Waals surface area contributed by atoms with E-state index >= 15 is 0 Å². The van der Waals surface area contributed by atoms with Crippen molar-refractivity contribution in [3.63, 3.8) is 0 Å². The molecule has 1 aliphatic heterocycles. The van der Waals surface area contributed by atoms with Gasteiger partial charge in [-0.2, -0.15) is 0 Å². The summed E-state index contributed by atoms with van der Waals surface area (Å²) >= 11 is 0. The van der Waals surface area contributed by atoms with E-state index in [1.165, 1.54) is 25.7 Å². The Kier molecular flexibility index (Phi) is 6.26. The Labute approximate surface area is 121 Å². The van der Waals surface area contributed by atoms with E-state index in [-0.39, 0.29) is 12.5 Å². The summed E-state index contributed by atoms with van der Waals surface area (Å²) < 4.78 is 0. The van der Waals surface area contributed by atoms with Crippen molar-refractivity contribution in [3.8, 4) is 0 Å². The molecule has 1 saturated carbocycles. The van der Waals surface area contributed by atoms with Gasteiger partial charge in [-0.15, -0.1) is 0 Å². The fraction of sp³-hybridized carbons (Fsp3) is 0.933. The first-order valence-electron chi connectivity index (χ1n) is 7.98. The van der Waals surface area contributed by atoms with Crippen molar-refractivity contribution in [2.75, 3.05) is 39.3 Å². The lowest BCUT2D eigenvalue weighted by Crippen LogP contribution is -2.49. The molecule has 2 aliphatic rings. The van der Waals surface area contributed by atoms with E-state index in [0.29, 0.717) is 6.54 Å². The number of aliphatic hydroxyl groups excluding tert-OH is 1. The first-order chi connectivity index (χ1) is 9.63. The molecule has 1 atom stereocenters. The minimum Gasteiger partial charge on any atom is -0.481 e. The van der Waals surface area contributed by atoms with Gasteiger partial charge in [-0.3, -0.25) is 9.69 Å². The molecule has 0 aromatic rings. The van der Waals surface area contributed by atoms with Crippen LogP contribution in [0.25, 0.3) is 0 Å². The number of hydrogen-bond acceptors (Lipinski definition) is 4. The number of rotatable bonds is 7. The van der Waals surface area contributed by atoms with Gasteiger partial charge < -0.3 is 15.1 Å². The van der Waals surface area contributed by atoms with E-state index in [2.05, 4.69) is 9.80 Å². The maximum atomic E-state index is 10.5. The Bertz CT molecular complexity index is 297. The average molecular weight is 284 g/mol. The van der Waals surface area contributed by atoms with Gasteiger partial charge in [0.1, 0.15) is 0 Å². The molecule has 0 aromatic heterocycles. The topological polar surface area (TPSA) is 64.0 Å². The number of aliphatic carboxylic acids is 1. The van der Waals surface area contributed by atoms with E-state index < -0.39 is 5.97 Å². The Morgan fingerprint density at radius 3 is 2.30 bits per heavy atom. The number of carboxylic acids is 1. The van der Waals surface area contributed by atoms with Crippen LogP contribution in [0.5, 0.6) is 0 Å². The molecule has 0 radical (unpaired) electrons. The molecule has 2 N–H and O–H groups in total. The molecule has 0 bridgehead atoms. The van der Waals surface area contributed by atoms with Crippen molar-refractivity contribution in [1.29, 1.82) is 0 Å². The van der Waals surface area contributed by atoms with E-state index in [1.807, 2.05) is 0 Å². The second kappa shape index (κ2) is 7.96. The zero-order valence-electron chi connectivity index (χ0n) is 12.3. The van der Waals surface area contributed by atoms with Gasteiger partial charge in [0.25, 0.3) is 0 Å². The average Bonchev–Trinajstić information content (AvgIpc) is 2.90. The summed E-state index contributed by atoms with van der Waals surface area (Å²) in [7, 11) is 0. The van der Waals surface area contributed by atoms with E-state index in [4.69, 9.17) is 5.11 Å². The molecule has 1 aliphatic carbocycles. The van der Waals surface area contributed by atoms with Gasteiger partial charge >= 0.3 is 5.97 Å². The van der Waals surface area contributed by atoms with E-state index in [9.17, 15) is 9.90 Å². The monoisotopic (exact) mass is 284 g/mol. The van der Waals surface area contributed by atoms with Crippen LogP contribution in [-0.2, 0) is 4.79 Å². The van der Waals surface area contributed by atoms with Crippen LogP contribution in [0.1, 0.15) is 38.5 Å². The van der Waals surface area contributed by atoms with Crippen LogP contribution in [0.2, 0.25) is 0 Å². The summed E-state index contributed by atoms with van der Waals surface area (Å²) in [4.78, 5) is 15.1. The lowest BCUT2D eigenvalue weighted by molar-refractivity contribution is -0.137. The van der Waals surface area contributed by atoms with Crippen LogP contribution in [0.4, 0.5) is 0 Å². The maximum absolute atomic E-state index is 10.5. The van der Waals surface area contributed by atoms with Gasteiger partial charge in [-0.25, -0.2) is 0 Å². The quantitative estimate of drug-likeness (QED) is 0.731. The second-order valence-corrected chi connectivity index (χ2v) is 6.33. The minimum atomic E-state index is -0.723. The summed E-state index contributed by atoms with van der Waals surface area (Å²) in [6.45, 7) is 5.16. The van der Waals surface area contributed by atoms with Crippen molar-refractivity contribution < 1.29 is 15.0 Å². The molecule has 1 heterocycles. The van der Waals surface area contributed by atoms with Gasteiger partial charge in [-0.1, -0.05) is 25.7 Å². The fourth-order valence-electron chi connectivity index (χ4n) is 3.45. The van der Waals surface area contributed by atoms with Crippen LogP contribution in [-0.4, -0.2) is 71.4 Å². The van der Waals surface area contributed by atoms with Crippen LogP contribution in [0.3, 0.4) is 0 Å². The van der Waals surface area contributed by atoms with E-state index in [0.717, 1.165) is 45.1 Å². The summed E-state index contributed by atoms with van der Waals surface area (Å²) in [6, 6.07) is 0. The molecule has 5 nitrogen and oxygen atoms in total. The molecule has 1 unspecified atom stereocenters. The third kappa shape index (κ3) is 5.38. The summed E-state index contributed by atoms with van der Waals surface area (Å²) in [5.41, 5.74) is 0. The first kappa shape index (κ1) is 15.7. The molecule has 116 valence electrons. The van der Waals surface area contributed by atoms with Crippen molar-refractivity contribution >= 4 is 5.97 Å². The molecule has 1 saturated heterocycles. The minimum absolute atomic E-state index is 0.191. The van der Waals surface area contributed by atoms with Gasteiger partial charge in [0.2, 0.25) is 0 Å². The highest BCUT2D eigenvalue weighted by Gasteiger charge is 2.23. The zero-order chi connectivity index (χ0) is 14.4. The van der Waals surface area contributed by atoms with Crippen molar-refractivity contribution in [2.24, 2.45) is 5.92 Å². The lowest BCUT2D eigenvalue weighted by atomic mass is 10.00. The number of β-amino-alcohol motifs (C(OH)–C–C–N with tert-alkyl or cyclic N) is 1. The summed E-state index contributed by atoms with van der Waals surface area (Å²) in [5.74, 6) is 0.0151. The van der Waals surface area contributed by atoms with Crippen LogP contribution >= 0.6 is 0 Å². The molecule has 2 fully saturated rings. The predicted molar refractivity (Wildman–Crippen MR) is 77.7 cm³/mol. The number of hydrogen-bond donors (Lipinski definition) is 2. The van der Waals surface area contributed by atoms with Crippen LogP contribution < -0.4 is 0 Å². The number of carbonyl (C=O) groups is 1. The normalized spacial score (nSPS) is 24.1. The third-order valence-corrected chi connectivity index (χ3v) is 4.66. The predicted octanol–water partition coefficient (Wildman–Crippen LogP) is 1.02. The third-order valence-electron chi connectivity index (χ3n) is 4.66. The molecule has 0 spiro atoms. The fourth-order valence-corrected chi connectivity index (χ4v) is 3.45. The SMILES string of the molecule is O=C(O)CCN1CCN(CC(O)CC2CCCC2)CC1. The standard InChI is InChI=1S/C15H28N2O3/c18-14(11-13-3-1-2-4-13)12-17-9-7-16(8-10-17)6-5-15(19)20/h13-14,18H,1-12H2,(H,19,20). The molecule has 2 rings (SSSR count). The molecular weight excluding hydrogens is 256 g/mol. The largest absolute Gasteiger partial charge is 0.481 e.